The number of urea groups is 1. The van der Waals surface area contributed by atoms with Crippen LogP contribution in [0.1, 0.15) is 66.1 Å². The van der Waals surface area contributed by atoms with Gasteiger partial charge in [0.25, 0.3) is 0 Å². The first kappa shape index (κ1) is 30.3. The van der Waals surface area contributed by atoms with Gasteiger partial charge in [0.05, 0.1) is 29.1 Å². The number of hydrogen-bond donors (Lipinski definition) is 0. The van der Waals surface area contributed by atoms with Crippen LogP contribution in [0, 0.1) is 25.1 Å². The van der Waals surface area contributed by atoms with E-state index >= 15 is 0 Å². The number of aryl methyl sites for hydroxylation is 2. The first-order valence-corrected chi connectivity index (χ1v) is 13.7. The third kappa shape index (κ3) is 5.63. The van der Waals surface area contributed by atoms with Crippen molar-refractivity contribution in [1.29, 1.82) is 0 Å². The van der Waals surface area contributed by atoms with Crippen LogP contribution in [-0.4, -0.2) is 52.8 Å². The Morgan fingerprint density at radius 2 is 1.78 bits per heavy atom. The topological polar surface area (TPSA) is 43.9 Å². The average Bonchev–Trinajstić information content (AvgIpc) is 3.18. The predicted molar refractivity (Wildman–Crippen MR) is 151 cm³/mol. The maximum atomic E-state index is 14.1. The van der Waals surface area contributed by atoms with Gasteiger partial charge in [-0.25, -0.2) is 9.18 Å². The van der Waals surface area contributed by atoms with Crippen molar-refractivity contribution >= 4 is 11.9 Å². The normalized spacial score (nSPS) is 20.9. The van der Waals surface area contributed by atoms with Crippen LogP contribution < -0.4 is 0 Å². The molecule has 0 radical (unpaired) electrons. The largest absolute Gasteiger partial charge is 0.416 e. The molecule has 5 nitrogen and oxygen atoms in total. The number of halogens is 4. The van der Waals surface area contributed by atoms with Crippen molar-refractivity contribution in [3.05, 3.63) is 95.3 Å². The van der Waals surface area contributed by atoms with Gasteiger partial charge < -0.3 is 14.7 Å². The Hall–Kier alpha value is -3.62. The van der Waals surface area contributed by atoms with Crippen LogP contribution in [0.15, 0.2) is 61.7 Å². The van der Waals surface area contributed by atoms with E-state index in [1.807, 2.05) is 4.90 Å². The molecule has 2 saturated heterocycles. The highest BCUT2D eigenvalue weighted by atomic mass is 19.4. The van der Waals surface area contributed by atoms with Crippen LogP contribution in [-0.2, 0) is 11.0 Å². The van der Waals surface area contributed by atoms with Crippen molar-refractivity contribution in [2.75, 3.05) is 20.1 Å². The molecule has 2 aliphatic heterocycles. The van der Waals surface area contributed by atoms with Crippen LogP contribution in [0.25, 0.3) is 0 Å². The second-order valence-corrected chi connectivity index (χ2v) is 11.4. The smallest absolute Gasteiger partial charge is 0.335 e. The first-order valence-electron chi connectivity index (χ1n) is 13.7. The Morgan fingerprint density at radius 3 is 2.37 bits per heavy atom. The standard InChI is InChI=1S/C32H37F4N3O2/c1-7-11-31(12-8-2)19-27-28(26-10-9-25(33)17-21(26)4)39(14-13-38(27)29(31)40)30(41)37(6)22(5)23-15-20(3)16-24(18-23)32(34,35)36/h7-10,15-18,22,27-28H,1-2,11-14,19H2,3-6H3. The van der Waals surface area contributed by atoms with Gasteiger partial charge in [-0.15, -0.1) is 13.2 Å². The number of allylic oxidation sites excluding steroid dienone is 2. The molecular weight excluding hydrogens is 534 g/mol. The van der Waals surface area contributed by atoms with Gasteiger partial charge in [0.2, 0.25) is 5.91 Å². The molecule has 2 aliphatic rings. The molecule has 0 aliphatic carbocycles. The Kier molecular flexibility index (Phi) is 8.39. The number of benzene rings is 2. The van der Waals surface area contributed by atoms with E-state index in [-0.39, 0.29) is 24.5 Å². The Morgan fingerprint density at radius 1 is 1.12 bits per heavy atom. The molecule has 0 saturated carbocycles. The molecule has 2 aromatic carbocycles. The number of carbonyl (C=O) groups is 2. The summed E-state index contributed by atoms with van der Waals surface area (Å²) in [5.74, 6) is -0.419. The molecule has 0 bridgehead atoms. The van der Waals surface area contributed by atoms with Gasteiger partial charge in [-0.1, -0.05) is 29.8 Å². The lowest BCUT2D eigenvalue weighted by Gasteiger charge is -2.47. The molecule has 3 amide bonds. The van der Waals surface area contributed by atoms with E-state index in [0.29, 0.717) is 42.5 Å². The van der Waals surface area contributed by atoms with Gasteiger partial charge in [-0.2, -0.15) is 13.2 Å². The number of amides is 3. The molecule has 9 heteroatoms. The zero-order chi connectivity index (χ0) is 30.3. The van der Waals surface area contributed by atoms with Gasteiger partial charge in [-0.3, -0.25) is 4.79 Å². The number of alkyl halides is 3. The molecule has 220 valence electrons. The fourth-order valence-corrected chi connectivity index (χ4v) is 6.51. The van der Waals surface area contributed by atoms with E-state index in [1.54, 1.807) is 57.0 Å². The minimum absolute atomic E-state index is 0.0136. The highest BCUT2D eigenvalue weighted by molar-refractivity contribution is 5.87. The summed E-state index contributed by atoms with van der Waals surface area (Å²) in [5.41, 5.74) is 0.699. The minimum atomic E-state index is -4.51. The Balaban J connectivity index is 1.74. The van der Waals surface area contributed by atoms with Crippen molar-refractivity contribution < 1.29 is 27.2 Å². The average molecular weight is 572 g/mol. The molecular formula is C32H37F4N3O2. The summed E-state index contributed by atoms with van der Waals surface area (Å²) in [4.78, 5) is 32.9. The predicted octanol–water partition coefficient (Wildman–Crippen LogP) is 7.37. The molecule has 0 spiro atoms. The fourth-order valence-electron chi connectivity index (χ4n) is 6.51. The van der Waals surface area contributed by atoms with Crippen molar-refractivity contribution in [3.63, 3.8) is 0 Å². The van der Waals surface area contributed by atoms with Gasteiger partial charge in [0, 0.05) is 20.1 Å². The van der Waals surface area contributed by atoms with Gasteiger partial charge >= 0.3 is 12.2 Å². The lowest BCUT2D eigenvalue weighted by molar-refractivity contribution is -0.139. The second-order valence-electron chi connectivity index (χ2n) is 11.4. The van der Waals surface area contributed by atoms with Crippen molar-refractivity contribution in [2.24, 2.45) is 5.41 Å². The van der Waals surface area contributed by atoms with E-state index < -0.39 is 35.1 Å². The van der Waals surface area contributed by atoms with Crippen molar-refractivity contribution in [3.8, 4) is 0 Å². The fraction of sp³-hybridized carbons (Fsp3) is 0.438. The first-order chi connectivity index (χ1) is 19.2. The highest BCUT2D eigenvalue weighted by Crippen LogP contribution is 2.50. The maximum Gasteiger partial charge on any atom is 0.416 e. The van der Waals surface area contributed by atoms with E-state index in [9.17, 15) is 27.2 Å². The Labute approximate surface area is 239 Å². The van der Waals surface area contributed by atoms with Gasteiger partial charge in [-0.05, 0) is 81.0 Å². The lowest BCUT2D eigenvalue weighted by atomic mass is 9.76. The summed E-state index contributed by atoms with van der Waals surface area (Å²) in [6.07, 6.45) is 0.324. The number of hydrogen-bond acceptors (Lipinski definition) is 2. The summed E-state index contributed by atoms with van der Waals surface area (Å²) >= 11 is 0. The molecule has 3 unspecified atom stereocenters. The molecule has 41 heavy (non-hydrogen) atoms. The SMILES string of the molecule is C=CCC1(CC=C)CC2C(c3ccc(F)cc3C)N(C(=O)N(C)C(C)c3cc(C)cc(C(F)(F)F)c3)CCN2C1=O. The summed E-state index contributed by atoms with van der Waals surface area (Å²) in [7, 11) is 1.57. The summed E-state index contributed by atoms with van der Waals surface area (Å²) in [6, 6.07) is 6.24. The molecule has 2 heterocycles. The molecule has 3 atom stereocenters. The van der Waals surface area contributed by atoms with E-state index in [1.165, 1.54) is 17.0 Å². The number of fused-ring (bicyclic) bond motifs is 1. The lowest BCUT2D eigenvalue weighted by Crippen LogP contribution is -2.57. The third-order valence-corrected chi connectivity index (χ3v) is 8.66. The van der Waals surface area contributed by atoms with Crippen LogP contribution in [0.3, 0.4) is 0 Å². The van der Waals surface area contributed by atoms with E-state index in [4.69, 9.17) is 0 Å². The van der Waals surface area contributed by atoms with Gasteiger partial charge in [0.1, 0.15) is 5.82 Å². The van der Waals surface area contributed by atoms with Crippen molar-refractivity contribution in [1.82, 2.24) is 14.7 Å². The number of piperazine rings is 1. The number of nitrogens with zero attached hydrogens (tertiary/aromatic N) is 3. The summed E-state index contributed by atoms with van der Waals surface area (Å²) in [6.45, 7) is 13.3. The number of rotatable bonds is 7. The van der Waals surface area contributed by atoms with Crippen molar-refractivity contribution in [2.45, 2.75) is 64.3 Å². The maximum absolute atomic E-state index is 14.1. The highest BCUT2D eigenvalue weighted by Gasteiger charge is 2.56. The quantitative estimate of drug-likeness (QED) is 0.257. The summed E-state index contributed by atoms with van der Waals surface area (Å²) < 4.78 is 54.7. The molecule has 0 N–H and O–H groups in total. The van der Waals surface area contributed by atoms with Crippen LogP contribution in [0.4, 0.5) is 22.4 Å². The van der Waals surface area contributed by atoms with E-state index in [2.05, 4.69) is 13.2 Å². The summed E-state index contributed by atoms with van der Waals surface area (Å²) in [5, 5.41) is 0. The van der Waals surface area contributed by atoms with Gasteiger partial charge in [0.15, 0.2) is 0 Å². The molecule has 2 aromatic rings. The molecule has 2 fully saturated rings. The van der Waals surface area contributed by atoms with E-state index in [0.717, 1.165) is 17.7 Å². The molecule has 4 rings (SSSR count). The second kappa shape index (κ2) is 11.3. The minimum Gasteiger partial charge on any atom is -0.335 e. The third-order valence-electron chi connectivity index (χ3n) is 8.66. The van der Waals surface area contributed by atoms with Crippen LogP contribution >= 0.6 is 0 Å². The number of carbonyl (C=O) groups excluding carboxylic acids is 2. The zero-order valence-corrected chi connectivity index (χ0v) is 24.0. The van der Waals surface area contributed by atoms with Crippen LogP contribution in [0.2, 0.25) is 0 Å². The zero-order valence-electron chi connectivity index (χ0n) is 24.0. The van der Waals surface area contributed by atoms with Crippen LogP contribution in [0.5, 0.6) is 0 Å². The Bertz CT molecular complexity index is 1340. The monoisotopic (exact) mass is 571 g/mol. The molecule has 0 aromatic heterocycles.